The minimum absolute atomic E-state index is 0.0709. The number of nitrogens with zero attached hydrogens (tertiary/aromatic N) is 2. The molecule has 6 nitrogen and oxygen atoms in total. The molecule has 0 saturated carbocycles. The number of benzene rings is 1. The van der Waals surface area contributed by atoms with Crippen LogP contribution in [0.5, 0.6) is 0 Å². The Kier molecular flexibility index (Phi) is 5.05. The Bertz CT molecular complexity index is 728. The lowest BCUT2D eigenvalue weighted by molar-refractivity contribution is 0.0513. The molecule has 2 aromatic rings. The van der Waals surface area contributed by atoms with Gasteiger partial charge < -0.3 is 10.1 Å². The van der Waals surface area contributed by atoms with Gasteiger partial charge in [-0.25, -0.2) is 4.79 Å². The summed E-state index contributed by atoms with van der Waals surface area (Å²) >= 11 is 11.9. The summed E-state index contributed by atoms with van der Waals surface area (Å²) in [5.74, 6) is -1.05. The molecule has 0 aliphatic rings. The van der Waals surface area contributed by atoms with Gasteiger partial charge in [-0.3, -0.25) is 9.48 Å². The van der Waals surface area contributed by atoms with Crippen molar-refractivity contribution in [2.45, 2.75) is 6.92 Å². The van der Waals surface area contributed by atoms with Crippen LogP contribution in [0, 0.1) is 0 Å². The summed E-state index contributed by atoms with van der Waals surface area (Å²) in [5, 5.41) is 7.15. The standard InChI is InChI=1S/C14H13Cl2N3O3/c1-3-22-14(21)11-7-10(18-19(11)2)13(20)17-9-6-4-5-8(15)12(9)16/h4-7H,3H2,1-2H3,(H,17,20). The molecule has 2 rings (SSSR count). The van der Waals surface area contributed by atoms with Gasteiger partial charge in [-0.15, -0.1) is 0 Å². The number of carbonyl (C=O) groups excluding carboxylic acids is 2. The lowest BCUT2D eigenvalue weighted by atomic mass is 10.3. The average molecular weight is 342 g/mol. The molecule has 0 aliphatic carbocycles. The van der Waals surface area contributed by atoms with E-state index in [9.17, 15) is 9.59 Å². The number of rotatable bonds is 4. The Morgan fingerprint density at radius 2 is 2.09 bits per heavy atom. The molecule has 0 aliphatic heterocycles. The van der Waals surface area contributed by atoms with Gasteiger partial charge in [0.1, 0.15) is 5.69 Å². The monoisotopic (exact) mass is 341 g/mol. The van der Waals surface area contributed by atoms with Crippen LogP contribution in [0.15, 0.2) is 24.3 Å². The van der Waals surface area contributed by atoms with Crippen LogP contribution >= 0.6 is 23.2 Å². The summed E-state index contributed by atoms with van der Waals surface area (Å²) in [6, 6.07) is 6.23. The molecule has 0 radical (unpaired) electrons. The second kappa shape index (κ2) is 6.81. The Balaban J connectivity index is 2.22. The maximum atomic E-state index is 12.2. The predicted octanol–water partition coefficient (Wildman–Crippen LogP) is 3.16. The normalized spacial score (nSPS) is 10.4. The van der Waals surface area contributed by atoms with Crippen LogP contribution in [0.1, 0.15) is 27.9 Å². The Labute approximate surface area is 137 Å². The number of halogens is 2. The van der Waals surface area contributed by atoms with Gasteiger partial charge >= 0.3 is 5.97 Å². The molecule has 1 aromatic carbocycles. The van der Waals surface area contributed by atoms with Crippen molar-refractivity contribution in [2.75, 3.05) is 11.9 Å². The van der Waals surface area contributed by atoms with Gasteiger partial charge in [0.05, 0.1) is 22.3 Å². The first-order chi connectivity index (χ1) is 10.4. The van der Waals surface area contributed by atoms with Crippen molar-refractivity contribution >= 4 is 40.8 Å². The fraction of sp³-hybridized carbons (Fsp3) is 0.214. The number of aryl methyl sites for hydroxylation is 1. The van der Waals surface area contributed by atoms with Gasteiger partial charge in [-0.1, -0.05) is 29.3 Å². The zero-order chi connectivity index (χ0) is 16.3. The average Bonchev–Trinajstić information content (AvgIpc) is 2.86. The van der Waals surface area contributed by atoms with E-state index in [-0.39, 0.29) is 23.0 Å². The minimum atomic E-state index is -0.544. The lowest BCUT2D eigenvalue weighted by Gasteiger charge is -2.06. The van der Waals surface area contributed by atoms with Gasteiger partial charge in [0, 0.05) is 13.1 Å². The number of aromatic nitrogens is 2. The van der Waals surface area contributed by atoms with Crippen LogP contribution in [-0.4, -0.2) is 28.3 Å². The zero-order valence-corrected chi connectivity index (χ0v) is 13.4. The minimum Gasteiger partial charge on any atom is -0.461 e. The number of amides is 1. The van der Waals surface area contributed by atoms with Gasteiger partial charge in [-0.05, 0) is 19.1 Å². The third-order valence-electron chi connectivity index (χ3n) is 2.80. The van der Waals surface area contributed by atoms with E-state index in [0.29, 0.717) is 10.7 Å². The smallest absolute Gasteiger partial charge is 0.356 e. The quantitative estimate of drug-likeness (QED) is 0.867. The lowest BCUT2D eigenvalue weighted by Crippen LogP contribution is -2.13. The molecule has 22 heavy (non-hydrogen) atoms. The number of ether oxygens (including phenoxy) is 1. The van der Waals surface area contributed by atoms with Crippen LogP contribution in [0.25, 0.3) is 0 Å². The number of carbonyl (C=O) groups is 2. The molecule has 0 saturated heterocycles. The first-order valence-electron chi connectivity index (χ1n) is 6.40. The first-order valence-corrected chi connectivity index (χ1v) is 7.16. The second-order valence-corrected chi connectivity index (χ2v) is 5.10. The first kappa shape index (κ1) is 16.3. The van der Waals surface area contributed by atoms with Gasteiger partial charge in [0.15, 0.2) is 5.69 Å². The third kappa shape index (κ3) is 3.40. The van der Waals surface area contributed by atoms with Gasteiger partial charge in [-0.2, -0.15) is 5.10 Å². The third-order valence-corrected chi connectivity index (χ3v) is 3.62. The summed E-state index contributed by atoms with van der Waals surface area (Å²) in [4.78, 5) is 23.9. The number of nitrogens with one attached hydrogen (secondary N) is 1. The van der Waals surface area contributed by atoms with Crippen LogP contribution in [0.2, 0.25) is 10.0 Å². The second-order valence-electron chi connectivity index (χ2n) is 4.31. The van der Waals surface area contributed by atoms with Crippen LogP contribution in [0.4, 0.5) is 5.69 Å². The highest BCUT2D eigenvalue weighted by molar-refractivity contribution is 6.44. The molecule has 1 N–H and O–H groups in total. The highest BCUT2D eigenvalue weighted by atomic mass is 35.5. The van der Waals surface area contributed by atoms with Crippen LogP contribution in [-0.2, 0) is 11.8 Å². The maximum Gasteiger partial charge on any atom is 0.356 e. The summed E-state index contributed by atoms with van der Waals surface area (Å²) in [5.41, 5.74) is 0.619. The molecule has 0 spiro atoms. The topological polar surface area (TPSA) is 73.2 Å². The highest BCUT2D eigenvalue weighted by Gasteiger charge is 2.19. The maximum absolute atomic E-state index is 12.2. The Morgan fingerprint density at radius 1 is 1.36 bits per heavy atom. The molecule has 8 heteroatoms. The van der Waals surface area contributed by atoms with E-state index in [4.69, 9.17) is 27.9 Å². The molecule has 1 amide bonds. The molecule has 0 atom stereocenters. The highest BCUT2D eigenvalue weighted by Crippen LogP contribution is 2.29. The number of anilines is 1. The van der Waals surface area contributed by atoms with E-state index in [1.165, 1.54) is 10.7 Å². The number of hydrogen-bond donors (Lipinski definition) is 1. The Morgan fingerprint density at radius 3 is 2.77 bits per heavy atom. The van der Waals surface area contributed by atoms with Crippen molar-refractivity contribution in [3.63, 3.8) is 0 Å². The van der Waals surface area contributed by atoms with E-state index in [0.717, 1.165) is 0 Å². The van der Waals surface area contributed by atoms with E-state index in [1.54, 1.807) is 32.2 Å². The SMILES string of the molecule is CCOC(=O)c1cc(C(=O)Nc2cccc(Cl)c2Cl)nn1C. The fourth-order valence-corrected chi connectivity index (χ4v) is 2.11. The van der Waals surface area contributed by atoms with E-state index in [2.05, 4.69) is 10.4 Å². The molecule has 0 unspecified atom stereocenters. The zero-order valence-electron chi connectivity index (χ0n) is 11.9. The molecule has 0 bridgehead atoms. The van der Waals surface area contributed by atoms with Crippen LogP contribution < -0.4 is 5.32 Å². The largest absolute Gasteiger partial charge is 0.461 e. The van der Waals surface area contributed by atoms with E-state index >= 15 is 0 Å². The van der Waals surface area contributed by atoms with Crippen molar-refractivity contribution < 1.29 is 14.3 Å². The Hall–Kier alpha value is -2.05. The van der Waals surface area contributed by atoms with Gasteiger partial charge in [0.2, 0.25) is 0 Å². The van der Waals surface area contributed by atoms with Crippen molar-refractivity contribution in [3.05, 3.63) is 45.7 Å². The predicted molar refractivity (Wildman–Crippen MR) is 83.6 cm³/mol. The summed E-state index contributed by atoms with van der Waals surface area (Å²) < 4.78 is 6.17. The summed E-state index contributed by atoms with van der Waals surface area (Å²) in [6.07, 6.45) is 0. The summed E-state index contributed by atoms with van der Waals surface area (Å²) in [6.45, 7) is 1.94. The van der Waals surface area contributed by atoms with E-state index < -0.39 is 11.9 Å². The van der Waals surface area contributed by atoms with Crippen molar-refractivity contribution in [3.8, 4) is 0 Å². The molecular formula is C14H13Cl2N3O3. The molecule has 1 aromatic heterocycles. The number of esters is 1. The fourth-order valence-electron chi connectivity index (χ4n) is 1.76. The van der Waals surface area contributed by atoms with Crippen molar-refractivity contribution in [1.29, 1.82) is 0 Å². The molecule has 0 fully saturated rings. The number of hydrogen-bond acceptors (Lipinski definition) is 4. The van der Waals surface area contributed by atoms with E-state index in [1.807, 2.05) is 0 Å². The summed E-state index contributed by atoms with van der Waals surface area (Å²) in [7, 11) is 1.55. The van der Waals surface area contributed by atoms with Crippen molar-refractivity contribution in [1.82, 2.24) is 9.78 Å². The van der Waals surface area contributed by atoms with Crippen molar-refractivity contribution in [2.24, 2.45) is 7.05 Å². The molecular weight excluding hydrogens is 329 g/mol. The molecule has 116 valence electrons. The molecule has 1 heterocycles. The van der Waals surface area contributed by atoms with Gasteiger partial charge in [0.25, 0.3) is 5.91 Å². The van der Waals surface area contributed by atoms with Crippen LogP contribution in [0.3, 0.4) is 0 Å².